The Labute approximate surface area is 287 Å². The number of nitrogens with one attached hydrogen (secondary N) is 2. The number of carbonyl (C=O) groups is 2. The fraction of sp³-hybridized carbons (Fsp3) is 0.939. The number of aliphatic carboxylic acids is 1. The van der Waals surface area contributed by atoms with E-state index in [4.69, 9.17) is 19.6 Å². The number of carbonyl (C=O) groups excluding carboxylic acids is 1. The normalized spacial score (nSPS) is 34.2. The van der Waals surface area contributed by atoms with Gasteiger partial charge in [-0.3, -0.25) is 35.1 Å². The Morgan fingerprint density at radius 1 is 0.735 bits per heavy atom. The number of ether oxygens (including phenoxy) is 2. The predicted molar refractivity (Wildman–Crippen MR) is 174 cm³/mol. The highest BCUT2D eigenvalue weighted by molar-refractivity contribution is 5.85. The minimum Gasteiger partial charge on any atom is -0.481 e. The third kappa shape index (κ3) is 12.1. The molecule has 4 rings (SSSR count). The van der Waals surface area contributed by atoms with Crippen molar-refractivity contribution in [2.45, 2.75) is 140 Å². The monoisotopic (exact) mass is 700 g/mol. The third-order valence-electron chi connectivity index (χ3n) is 11.1. The summed E-state index contributed by atoms with van der Waals surface area (Å²) >= 11 is 0. The molecule has 6 atom stereocenters. The van der Waals surface area contributed by atoms with E-state index >= 15 is 0 Å². The maximum Gasteiger partial charge on any atom is 0.307 e. The molecule has 16 heteroatoms. The minimum absolute atomic E-state index is 0.0259. The first-order valence-corrected chi connectivity index (χ1v) is 18.0. The molecule has 0 bridgehead atoms. The van der Waals surface area contributed by atoms with Crippen LogP contribution in [0, 0.1) is 49.3 Å². The van der Waals surface area contributed by atoms with Crippen LogP contribution < -0.4 is 10.8 Å². The number of nitro groups is 2. The second kappa shape index (κ2) is 18.7. The van der Waals surface area contributed by atoms with Gasteiger partial charge in [-0.2, -0.15) is 5.48 Å². The topological polar surface area (TPSA) is 222 Å². The van der Waals surface area contributed by atoms with Crippen molar-refractivity contribution in [1.29, 1.82) is 0 Å². The van der Waals surface area contributed by atoms with Gasteiger partial charge in [-0.05, 0) is 76.0 Å². The molecule has 49 heavy (non-hydrogen) atoms. The number of rotatable bonds is 17. The minimum atomic E-state index is -1.08. The van der Waals surface area contributed by atoms with E-state index in [1.54, 1.807) is 0 Å². The summed E-state index contributed by atoms with van der Waals surface area (Å²) in [6.07, 6.45) is 8.48. The summed E-state index contributed by atoms with van der Waals surface area (Å²) in [7, 11) is 0. The molecule has 0 aromatic carbocycles. The highest BCUT2D eigenvalue weighted by Gasteiger charge is 2.44. The van der Waals surface area contributed by atoms with Crippen LogP contribution in [-0.4, -0.2) is 94.9 Å². The van der Waals surface area contributed by atoms with Gasteiger partial charge >= 0.3 is 5.97 Å². The average Bonchev–Trinajstić information content (AvgIpc) is 3.08. The molecule has 4 saturated carbocycles. The van der Waals surface area contributed by atoms with Crippen molar-refractivity contribution >= 4 is 11.9 Å². The van der Waals surface area contributed by atoms with Gasteiger partial charge in [-0.25, -0.2) is 4.89 Å². The van der Waals surface area contributed by atoms with Crippen LogP contribution in [0.3, 0.4) is 0 Å². The predicted octanol–water partition coefficient (Wildman–Crippen LogP) is 4.00. The number of hydroxylamine groups is 1. The van der Waals surface area contributed by atoms with Crippen molar-refractivity contribution in [3.05, 3.63) is 20.2 Å². The van der Waals surface area contributed by atoms with Gasteiger partial charge in [0.1, 0.15) is 0 Å². The lowest BCUT2D eigenvalue weighted by Gasteiger charge is -2.35. The zero-order valence-corrected chi connectivity index (χ0v) is 28.9. The Kier molecular flexibility index (Phi) is 15.0. The maximum atomic E-state index is 13.0. The first-order valence-electron chi connectivity index (χ1n) is 18.0. The smallest absolute Gasteiger partial charge is 0.307 e. The number of carboxylic acid groups (broad SMARTS) is 1. The molecule has 0 spiro atoms. The zero-order chi connectivity index (χ0) is 35.6. The van der Waals surface area contributed by atoms with E-state index in [1.165, 1.54) is 0 Å². The van der Waals surface area contributed by atoms with Crippen molar-refractivity contribution in [2.24, 2.45) is 29.1 Å². The molecule has 0 aromatic heterocycles. The van der Waals surface area contributed by atoms with Gasteiger partial charge in [-0.15, -0.1) is 0 Å². The Morgan fingerprint density at radius 2 is 1.29 bits per heavy atom. The third-order valence-corrected chi connectivity index (χ3v) is 11.1. The highest BCUT2D eigenvalue weighted by Crippen LogP contribution is 2.34. The standard InChI is InChI=1S/C33H56N4O12/c1-33(2,19-46-27-10-4-23(5-11-27)34-31(38)30-16-26(37(43)44)9-14-29(30)32(39)40)20-47-28-12-6-24(7-13-28)35-48-17-22-15-25(36(41)42)8-3-21(22)18-49-45/h21-30,35,45H,3-20H2,1-2H3,(H,34,38)(H,39,40). The van der Waals surface area contributed by atoms with E-state index < -0.39 is 40.7 Å². The molecule has 0 saturated heterocycles. The lowest BCUT2D eigenvalue weighted by Crippen LogP contribution is -2.48. The van der Waals surface area contributed by atoms with Crippen LogP contribution in [0.4, 0.5) is 0 Å². The molecule has 0 aromatic rings. The van der Waals surface area contributed by atoms with E-state index in [2.05, 4.69) is 29.5 Å². The first-order chi connectivity index (χ1) is 23.3. The van der Waals surface area contributed by atoms with Crippen LogP contribution in [0.1, 0.15) is 104 Å². The molecule has 1 amide bonds. The Balaban J connectivity index is 1.08. The molecule has 280 valence electrons. The van der Waals surface area contributed by atoms with Crippen molar-refractivity contribution in [3.63, 3.8) is 0 Å². The van der Waals surface area contributed by atoms with Gasteiger partial charge in [0.25, 0.3) is 0 Å². The Bertz CT molecular complexity index is 1100. The molecule has 4 aliphatic rings. The van der Waals surface area contributed by atoms with Gasteiger partial charge in [0, 0.05) is 53.0 Å². The molecule has 0 heterocycles. The van der Waals surface area contributed by atoms with Crippen molar-refractivity contribution in [3.8, 4) is 0 Å². The molecule has 0 radical (unpaired) electrons. The number of amides is 1. The van der Waals surface area contributed by atoms with Crippen LogP contribution >= 0.6 is 0 Å². The number of hydrogen-bond donors (Lipinski definition) is 4. The van der Waals surface area contributed by atoms with Gasteiger partial charge in [0.05, 0.1) is 50.5 Å². The first kappa shape index (κ1) is 39.3. The van der Waals surface area contributed by atoms with E-state index in [-0.39, 0.29) is 72.3 Å². The summed E-state index contributed by atoms with van der Waals surface area (Å²) in [4.78, 5) is 56.8. The summed E-state index contributed by atoms with van der Waals surface area (Å²) in [5.74, 6) is -3.29. The number of hydrogen-bond acceptors (Lipinski definition) is 12. The van der Waals surface area contributed by atoms with E-state index in [9.17, 15) is 34.9 Å². The van der Waals surface area contributed by atoms with Gasteiger partial charge in [0.15, 0.2) is 0 Å². The second-order valence-electron chi connectivity index (χ2n) is 15.5. The van der Waals surface area contributed by atoms with Crippen LogP contribution in [0.25, 0.3) is 0 Å². The molecule has 4 fully saturated rings. The summed E-state index contributed by atoms with van der Waals surface area (Å²) in [6, 6.07) is -1.39. The summed E-state index contributed by atoms with van der Waals surface area (Å²) in [5.41, 5.74) is 2.95. The summed E-state index contributed by atoms with van der Waals surface area (Å²) < 4.78 is 12.6. The fourth-order valence-corrected chi connectivity index (χ4v) is 7.97. The fourth-order valence-electron chi connectivity index (χ4n) is 7.97. The van der Waals surface area contributed by atoms with Crippen LogP contribution in [0.5, 0.6) is 0 Å². The number of nitrogens with zero attached hydrogens (tertiary/aromatic N) is 2. The lowest BCUT2D eigenvalue weighted by molar-refractivity contribution is -0.529. The largest absolute Gasteiger partial charge is 0.481 e. The van der Waals surface area contributed by atoms with Gasteiger partial charge in [0.2, 0.25) is 18.0 Å². The zero-order valence-electron chi connectivity index (χ0n) is 28.9. The van der Waals surface area contributed by atoms with E-state index in [0.717, 1.165) is 38.5 Å². The molecule has 4 N–H and O–H groups in total. The molecule has 4 aliphatic carbocycles. The number of carboxylic acids is 1. The van der Waals surface area contributed by atoms with Crippen LogP contribution in [0.2, 0.25) is 0 Å². The van der Waals surface area contributed by atoms with E-state index in [1.807, 2.05) is 0 Å². The average molecular weight is 701 g/mol. The van der Waals surface area contributed by atoms with Crippen molar-refractivity contribution in [2.75, 3.05) is 26.4 Å². The van der Waals surface area contributed by atoms with Crippen molar-refractivity contribution in [1.82, 2.24) is 10.8 Å². The van der Waals surface area contributed by atoms with E-state index in [0.29, 0.717) is 51.9 Å². The second-order valence-corrected chi connectivity index (χ2v) is 15.5. The summed E-state index contributed by atoms with van der Waals surface area (Å²) in [5, 5.41) is 44.0. The SMILES string of the molecule is CC(C)(COC1CCC(NOCC2CC([N+](=O)[O-])CCC2COO)CC1)COC1CCC(NC(=O)C2CC([N+](=O)[O-])CCC2C(=O)O)CC1. The molecule has 0 aliphatic heterocycles. The van der Waals surface area contributed by atoms with Crippen LogP contribution in [-0.2, 0) is 28.8 Å². The van der Waals surface area contributed by atoms with Crippen molar-refractivity contribution < 1.29 is 49.0 Å². The Morgan fingerprint density at radius 3 is 1.84 bits per heavy atom. The molecular formula is C33H56N4O12. The van der Waals surface area contributed by atoms with Gasteiger partial charge < -0.3 is 24.7 Å². The molecule has 6 unspecified atom stereocenters. The molecular weight excluding hydrogens is 644 g/mol. The maximum absolute atomic E-state index is 13.0. The highest BCUT2D eigenvalue weighted by atomic mass is 17.1. The summed E-state index contributed by atoms with van der Waals surface area (Å²) in [6.45, 7) is 5.81. The lowest BCUT2D eigenvalue weighted by atomic mass is 9.76. The quantitative estimate of drug-likeness (QED) is 0.0958. The molecule has 16 nitrogen and oxygen atoms in total. The Hall–Kier alpha value is -2.50. The van der Waals surface area contributed by atoms with Gasteiger partial charge in [-0.1, -0.05) is 13.8 Å². The van der Waals surface area contributed by atoms with Crippen LogP contribution in [0.15, 0.2) is 0 Å².